The average molecular weight is 262 g/mol. The van der Waals surface area contributed by atoms with E-state index in [9.17, 15) is 4.79 Å². The minimum Gasteiger partial charge on any atom is -0.338 e. The second kappa shape index (κ2) is 3.54. The number of hydrogen-bond donors (Lipinski definition) is 2. The van der Waals surface area contributed by atoms with Crippen LogP contribution < -0.4 is 5.69 Å². The fraction of sp³-hybridized carbons (Fsp3) is 0.583. The summed E-state index contributed by atoms with van der Waals surface area (Å²) in [6.45, 7) is 0.760. The van der Waals surface area contributed by atoms with E-state index in [1.54, 1.807) is 4.57 Å². The smallest absolute Gasteiger partial charge is 0.328 e. The summed E-state index contributed by atoms with van der Waals surface area (Å²) in [6, 6.07) is 0. The van der Waals surface area contributed by atoms with Crippen LogP contribution in [0.1, 0.15) is 37.4 Å². The van der Waals surface area contributed by atoms with Crippen molar-refractivity contribution in [3.63, 3.8) is 0 Å². The molecule has 2 fully saturated rings. The van der Waals surface area contributed by atoms with Gasteiger partial charge in [0.1, 0.15) is 16.0 Å². The van der Waals surface area contributed by atoms with Crippen LogP contribution in [-0.2, 0) is 6.54 Å². The highest BCUT2D eigenvalue weighted by molar-refractivity contribution is 7.71. The van der Waals surface area contributed by atoms with Crippen LogP contribution in [0, 0.1) is 10.6 Å². The van der Waals surface area contributed by atoms with E-state index in [4.69, 9.17) is 12.2 Å². The molecule has 2 aromatic heterocycles. The molecule has 0 radical (unpaired) electrons. The maximum Gasteiger partial charge on any atom is 0.328 e. The van der Waals surface area contributed by atoms with Gasteiger partial charge in [-0.05, 0) is 31.6 Å². The minimum absolute atomic E-state index is 0.131. The summed E-state index contributed by atoms with van der Waals surface area (Å²) < 4.78 is 2.21. The molecule has 94 valence electrons. The molecule has 0 unspecified atom stereocenters. The third-order valence-electron chi connectivity index (χ3n) is 3.75. The largest absolute Gasteiger partial charge is 0.338 e. The average Bonchev–Trinajstić information content (AvgIpc) is 3.24. The second-order valence-corrected chi connectivity index (χ2v) is 5.82. The Labute approximate surface area is 108 Å². The molecule has 18 heavy (non-hydrogen) atoms. The van der Waals surface area contributed by atoms with E-state index in [0.717, 1.165) is 23.5 Å². The first-order valence-electron chi connectivity index (χ1n) is 6.45. The van der Waals surface area contributed by atoms with E-state index in [0.29, 0.717) is 16.5 Å². The van der Waals surface area contributed by atoms with Crippen LogP contribution in [0.3, 0.4) is 0 Å². The molecule has 2 aromatic rings. The summed E-state index contributed by atoms with van der Waals surface area (Å²) in [4.78, 5) is 22.6. The van der Waals surface area contributed by atoms with Crippen molar-refractivity contribution in [2.45, 2.75) is 38.1 Å². The van der Waals surface area contributed by atoms with E-state index in [-0.39, 0.29) is 5.69 Å². The van der Waals surface area contributed by atoms with Gasteiger partial charge in [-0.15, -0.1) is 0 Å². The van der Waals surface area contributed by atoms with Gasteiger partial charge in [0, 0.05) is 12.5 Å². The first kappa shape index (κ1) is 10.5. The molecule has 0 aromatic carbocycles. The van der Waals surface area contributed by atoms with Crippen molar-refractivity contribution < 1.29 is 0 Å². The van der Waals surface area contributed by atoms with Crippen LogP contribution in [0.5, 0.6) is 0 Å². The maximum atomic E-state index is 12.0. The molecular weight excluding hydrogens is 248 g/mol. The van der Waals surface area contributed by atoms with Crippen LogP contribution >= 0.6 is 12.2 Å². The lowest BCUT2D eigenvalue weighted by Crippen LogP contribution is -2.24. The van der Waals surface area contributed by atoms with Gasteiger partial charge in [0.15, 0.2) is 5.65 Å². The Morgan fingerprint density at radius 1 is 1.28 bits per heavy atom. The molecule has 0 aliphatic heterocycles. The standard InChI is InChI=1S/C12H14N4OS/c17-12-15-11(18)8-10(16(12)5-6-1-2-6)14-9(13-8)7-3-4-7/h6-7H,1-5H2,(H,13,14)(H,15,17,18). The highest BCUT2D eigenvalue weighted by atomic mass is 32.1. The van der Waals surface area contributed by atoms with Crippen LogP contribution in [-0.4, -0.2) is 19.5 Å². The van der Waals surface area contributed by atoms with E-state index in [1.165, 1.54) is 25.7 Å². The summed E-state index contributed by atoms with van der Waals surface area (Å²) in [5.41, 5.74) is 1.41. The fourth-order valence-corrected chi connectivity index (χ4v) is 2.57. The second-order valence-electron chi connectivity index (χ2n) is 5.41. The molecule has 5 nitrogen and oxygen atoms in total. The molecule has 4 rings (SSSR count). The molecular formula is C12H14N4OS. The SMILES string of the molecule is O=c1[nH]c(=S)c2[nH]c(C3CC3)nc2n1CC1CC1. The predicted molar refractivity (Wildman–Crippen MR) is 70.2 cm³/mol. The first-order valence-corrected chi connectivity index (χ1v) is 6.86. The van der Waals surface area contributed by atoms with Crippen LogP contribution in [0.4, 0.5) is 0 Å². The quantitative estimate of drug-likeness (QED) is 0.832. The number of fused-ring (bicyclic) bond motifs is 1. The van der Waals surface area contributed by atoms with Crippen LogP contribution in [0.25, 0.3) is 11.2 Å². The normalized spacial score (nSPS) is 19.6. The zero-order valence-electron chi connectivity index (χ0n) is 9.90. The zero-order valence-corrected chi connectivity index (χ0v) is 10.7. The Balaban J connectivity index is 1.95. The Bertz CT molecular complexity index is 733. The summed E-state index contributed by atoms with van der Waals surface area (Å²) >= 11 is 5.21. The molecule has 2 aliphatic rings. The number of nitrogens with zero attached hydrogens (tertiary/aromatic N) is 2. The predicted octanol–water partition coefficient (Wildman–Crippen LogP) is 2.07. The summed E-state index contributed by atoms with van der Waals surface area (Å²) in [6.07, 6.45) is 4.79. The van der Waals surface area contributed by atoms with E-state index in [2.05, 4.69) is 15.0 Å². The van der Waals surface area contributed by atoms with E-state index in [1.807, 2.05) is 0 Å². The number of aromatic nitrogens is 4. The lowest BCUT2D eigenvalue weighted by Gasteiger charge is -2.04. The van der Waals surface area contributed by atoms with Gasteiger partial charge in [-0.2, -0.15) is 0 Å². The maximum absolute atomic E-state index is 12.0. The number of aromatic amines is 2. The third kappa shape index (κ3) is 1.63. The highest BCUT2D eigenvalue weighted by Gasteiger charge is 2.29. The van der Waals surface area contributed by atoms with Gasteiger partial charge >= 0.3 is 5.69 Å². The lowest BCUT2D eigenvalue weighted by atomic mass is 10.4. The Morgan fingerprint density at radius 3 is 2.72 bits per heavy atom. The molecule has 0 bridgehead atoms. The molecule has 0 spiro atoms. The van der Waals surface area contributed by atoms with Gasteiger partial charge in [-0.1, -0.05) is 12.2 Å². The van der Waals surface area contributed by atoms with Crippen molar-refractivity contribution in [1.29, 1.82) is 0 Å². The van der Waals surface area contributed by atoms with Gasteiger partial charge in [0.2, 0.25) is 0 Å². The van der Waals surface area contributed by atoms with Gasteiger partial charge in [0.05, 0.1) is 0 Å². The van der Waals surface area contributed by atoms with Crippen LogP contribution in [0.15, 0.2) is 4.79 Å². The summed E-state index contributed by atoms with van der Waals surface area (Å²) in [5, 5.41) is 0. The number of hydrogen-bond acceptors (Lipinski definition) is 3. The van der Waals surface area contributed by atoms with Crippen molar-refractivity contribution in [3.05, 3.63) is 20.9 Å². The van der Waals surface area contributed by atoms with Gasteiger partial charge in [0.25, 0.3) is 0 Å². The van der Waals surface area contributed by atoms with Crippen molar-refractivity contribution in [1.82, 2.24) is 19.5 Å². The lowest BCUT2D eigenvalue weighted by molar-refractivity contribution is 0.608. The van der Waals surface area contributed by atoms with Gasteiger partial charge in [-0.25, -0.2) is 9.78 Å². The Hall–Kier alpha value is -1.43. The van der Waals surface area contributed by atoms with Crippen molar-refractivity contribution >= 4 is 23.4 Å². The molecule has 2 heterocycles. The summed E-state index contributed by atoms with van der Waals surface area (Å²) in [7, 11) is 0. The monoisotopic (exact) mass is 262 g/mol. The Kier molecular flexibility index (Phi) is 2.06. The van der Waals surface area contributed by atoms with E-state index < -0.39 is 0 Å². The van der Waals surface area contributed by atoms with Crippen molar-refractivity contribution in [2.24, 2.45) is 5.92 Å². The first-order chi connectivity index (χ1) is 8.72. The van der Waals surface area contributed by atoms with Crippen molar-refractivity contribution in [2.75, 3.05) is 0 Å². The van der Waals surface area contributed by atoms with Gasteiger partial charge < -0.3 is 4.98 Å². The number of H-pyrrole nitrogens is 2. The topological polar surface area (TPSA) is 66.5 Å². The molecule has 0 amide bonds. The van der Waals surface area contributed by atoms with E-state index >= 15 is 0 Å². The zero-order chi connectivity index (χ0) is 12.3. The van der Waals surface area contributed by atoms with Crippen molar-refractivity contribution in [3.8, 4) is 0 Å². The van der Waals surface area contributed by atoms with Crippen LogP contribution in [0.2, 0.25) is 0 Å². The molecule has 2 saturated carbocycles. The molecule has 0 atom stereocenters. The Morgan fingerprint density at radius 2 is 2.06 bits per heavy atom. The third-order valence-corrected chi connectivity index (χ3v) is 4.06. The molecule has 2 aliphatic carbocycles. The summed E-state index contributed by atoms with van der Waals surface area (Å²) in [5.74, 6) is 2.16. The minimum atomic E-state index is -0.131. The fourth-order valence-electron chi connectivity index (χ4n) is 2.34. The van der Waals surface area contributed by atoms with Gasteiger partial charge in [-0.3, -0.25) is 9.55 Å². The highest BCUT2D eigenvalue weighted by Crippen LogP contribution is 2.39. The number of rotatable bonds is 3. The number of nitrogens with one attached hydrogen (secondary N) is 2. The number of imidazole rings is 1. The molecule has 6 heteroatoms. The molecule has 2 N–H and O–H groups in total. The molecule has 0 saturated heterocycles.